The fraction of sp³-hybridized carbons (Fsp3) is 0. The summed E-state index contributed by atoms with van der Waals surface area (Å²) in [6, 6.07) is 63.8. The summed E-state index contributed by atoms with van der Waals surface area (Å²) in [4.78, 5) is 19.2. The van der Waals surface area contributed by atoms with Gasteiger partial charge in [0.25, 0.3) is 0 Å². The summed E-state index contributed by atoms with van der Waals surface area (Å²) in [7, 11) is 0. The molecular weight excluding hydrogens is 685 g/mol. The molecule has 6 nitrogen and oxygen atoms in total. The average molecular weight is 717 g/mol. The average Bonchev–Trinajstić information content (AvgIpc) is 3.79. The number of rotatable bonds is 6. The smallest absolute Gasteiger partial charge is 0.160 e. The van der Waals surface area contributed by atoms with Crippen LogP contribution in [0.1, 0.15) is 0 Å². The highest BCUT2D eigenvalue weighted by molar-refractivity contribution is 6.12. The largest absolute Gasteiger partial charge is 0.307 e. The maximum Gasteiger partial charge on any atom is 0.160 e. The molecule has 6 heteroatoms. The Morgan fingerprint density at radius 2 is 0.768 bits per heavy atom. The standard InChI is InChI=1S/C50H32N6/c1-4-21-44-36(16-1)37-17-2-5-22-45(37)55(44)48-24-7-8-25-49(48)56-46-23-6-3-18-38(46)39-31-34(26-27-47(39)56)33-14-13-15-35(30-33)50-53-42(40-19-9-11-28-51-40)32-43(54-50)41-20-10-12-29-52-41/h1-32H. The van der Waals surface area contributed by atoms with Crippen molar-refractivity contribution in [1.82, 2.24) is 29.1 Å². The lowest BCUT2D eigenvalue weighted by Gasteiger charge is -2.16. The normalized spacial score (nSPS) is 11.6. The highest BCUT2D eigenvalue weighted by Crippen LogP contribution is 2.39. The van der Waals surface area contributed by atoms with Gasteiger partial charge >= 0.3 is 0 Å². The third-order valence-corrected chi connectivity index (χ3v) is 10.7. The van der Waals surface area contributed by atoms with Crippen molar-refractivity contribution in [3.63, 3.8) is 0 Å². The fourth-order valence-electron chi connectivity index (χ4n) is 8.14. The van der Waals surface area contributed by atoms with Crippen molar-refractivity contribution in [3.8, 4) is 56.7 Å². The summed E-state index contributed by atoms with van der Waals surface area (Å²) in [5.74, 6) is 0.620. The Kier molecular flexibility index (Phi) is 7.38. The van der Waals surface area contributed by atoms with Crippen molar-refractivity contribution in [1.29, 1.82) is 0 Å². The third kappa shape index (κ3) is 5.19. The number of hydrogen-bond acceptors (Lipinski definition) is 4. The number of benzene rings is 6. The van der Waals surface area contributed by atoms with Gasteiger partial charge < -0.3 is 9.13 Å². The predicted molar refractivity (Wildman–Crippen MR) is 228 cm³/mol. The summed E-state index contributed by atoms with van der Waals surface area (Å²) in [6.07, 6.45) is 3.57. The van der Waals surface area contributed by atoms with Crippen molar-refractivity contribution < 1.29 is 0 Å². The van der Waals surface area contributed by atoms with Crippen LogP contribution in [0.2, 0.25) is 0 Å². The second-order valence-electron chi connectivity index (χ2n) is 13.9. The van der Waals surface area contributed by atoms with Crippen LogP contribution in [0.5, 0.6) is 0 Å². The van der Waals surface area contributed by atoms with Crippen LogP contribution < -0.4 is 0 Å². The Hall–Kier alpha value is -7.70. The summed E-state index contributed by atoms with van der Waals surface area (Å²) in [6.45, 7) is 0. The molecule has 0 amide bonds. The monoisotopic (exact) mass is 716 g/mol. The number of pyridine rings is 2. The lowest BCUT2D eigenvalue weighted by Crippen LogP contribution is -2.03. The number of hydrogen-bond donors (Lipinski definition) is 0. The Balaban J connectivity index is 1.07. The first-order valence-electron chi connectivity index (χ1n) is 18.7. The van der Waals surface area contributed by atoms with E-state index in [1.807, 2.05) is 42.5 Å². The van der Waals surface area contributed by atoms with E-state index < -0.39 is 0 Å². The molecule has 0 N–H and O–H groups in total. The number of nitrogens with zero attached hydrogens (tertiary/aromatic N) is 6. The molecule has 11 aromatic rings. The van der Waals surface area contributed by atoms with E-state index in [0.717, 1.165) is 61.9 Å². The van der Waals surface area contributed by atoms with Gasteiger partial charge in [0.2, 0.25) is 0 Å². The van der Waals surface area contributed by atoms with Gasteiger partial charge in [-0.2, -0.15) is 0 Å². The molecule has 0 spiro atoms. The summed E-state index contributed by atoms with van der Waals surface area (Å²) in [5.41, 5.74) is 13.1. The number of para-hydroxylation sites is 5. The molecule has 262 valence electrons. The molecule has 6 aromatic carbocycles. The summed E-state index contributed by atoms with van der Waals surface area (Å²) < 4.78 is 4.82. The Labute approximate surface area is 322 Å². The molecule has 0 aliphatic heterocycles. The molecule has 0 aliphatic carbocycles. The first kappa shape index (κ1) is 31.8. The van der Waals surface area contributed by atoms with Gasteiger partial charge in [-0.25, -0.2) is 9.97 Å². The molecule has 0 aliphatic rings. The first-order chi connectivity index (χ1) is 27.8. The van der Waals surface area contributed by atoms with Gasteiger partial charge in [0.1, 0.15) is 0 Å². The molecule has 0 unspecified atom stereocenters. The number of fused-ring (bicyclic) bond motifs is 6. The van der Waals surface area contributed by atoms with Crippen LogP contribution >= 0.6 is 0 Å². The second-order valence-corrected chi connectivity index (χ2v) is 13.9. The van der Waals surface area contributed by atoms with Gasteiger partial charge in [-0.15, -0.1) is 0 Å². The topological polar surface area (TPSA) is 61.4 Å². The minimum absolute atomic E-state index is 0.620. The quantitative estimate of drug-likeness (QED) is 0.172. The zero-order chi connectivity index (χ0) is 37.0. The molecule has 0 atom stereocenters. The van der Waals surface area contributed by atoms with Crippen molar-refractivity contribution in [2.45, 2.75) is 0 Å². The van der Waals surface area contributed by atoms with Crippen LogP contribution in [0.15, 0.2) is 194 Å². The van der Waals surface area contributed by atoms with Gasteiger partial charge in [-0.3, -0.25) is 9.97 Å². The van der Waals surface area contributed by atoms with Gasteiger partial charge in [0, 0.05) is 39.5 Å². The van der Waals surface area contributed by atoms with Crippen molar-refractivity contribution in [3.05, 3.63) is 194 Å². The molecule has 0 bridgehead atoms. The van der Waals surface area contributed by atoms with Crippen LogP contribution in [-0.2, 0) is 0 Å². The van der Waals surface area contributed by atoms with Crippen molar-refractivity contribution in [2.75, 3.05) is 0 Å². The Morgan fingerprint density at radius 3 is 1.32 bits per heavy atom. The first-order valence-corrected chi connectivity index (χ1v) is 18.7. The molecule has 0 fully saturated rings. The van der Waals surface area contributed by atoms with Gasteiger partial charge in [-0.05, 0) is 90.0 Å². The summed E-state index contributed by atoms with van der Waals surface area (Å²) >= 11 is 0. The molecule has 5 heterocycles. The maximum absolute atomic E-state index is 5.02. The maximum atomic E-state index is 5.02. The second kappa shape index (κ2) is 13.0. The predicted octanol–water partition coefficient (Wildman–Crippen LogP) is 12.1. The molecule has 56 heavy (non-hydrogen) atoms. The van der Waals surface area contributed by atoms with Crippen LogP contribution in [-0.4, -0.2) is 29.1 Å². The van der Waals surface area contributed by atoms with E-state index in [1.165, 1.54) is 32.6 Å². The SMILES string of the molecule is c1ccc(-c2cc(-c3ccccn3)nc(-c3cccc(-c4ccc5c(c4)c4ccccc4n5-c4ccccc4-n4c5ccccc5c5ccccc54)c3)n2)nc1. The van der Waals surface area contributed by atoms with Crippen LogP contribution in [0, 0.1) is 0 Å². The molecule has 0 saturated carbocycles. The van der Waals surface area contributed by atoms with Gasteiger partial charge in [-0.1, -0.05) is 103 Å². The minimum Gasteiger partial charge on any atom is -0.307 e. The molecular formula is C50H32N6. The van der Waals surface area contributed by atoms with Crippen molar-refractivity contribution in [2.24, 2.45) is 0 Å². The highest BCUT2D eigenvalue weighted by Gasteiger charge is 2.19. The third-order valence-electron chi connectivity index (χ3n) is 10.7. The molecule has 0 saturated heterocycles. The van der Waals surface area contributed by atoms with E-state index >= 15 is 0 Å². The molecule has 11 rings (SSSR count). The van der Waals surface area contributed by atoms with E-state index in [0.29, 0.717) is 5.82 Å². The molecule has 5 aromatic heterocycles. The van der Waals surface area contributed by atoms with Crippen LogP contribution in [0.4, 0.5) is 0 Å². The Morgan fingerprint density at radius 1 is 0.304 bits per heavy atom. The molecule has 0 radical (unpaired) electrons. The fourth-order valence-corrected chi connectivity index (χ4v) is 8.14. The minimum atomic E-state index is 0.620. The lowest BCUT2D eigenvalue weighted by molar-refractivity contribution is 1.10. The Bertz CT molecular complexity index is 3140. The van der Waals surface area contributed by atoms with Gasteiger partial charge in [0.05, 0.1) is 56.2 Å². The van der Waals surface area contributed by atoms with E-state index in [9.17, 15) is 0 Å². The van der Waals surface area contributed by atoms with E-state index in [1.54, 1.807) is 12.4 Å². The van der Waals surface area contributed by atoms with E-state index in [2.05, 4.69) is 159 Å². The lowest BCUT2D eigenvalue weighted by atomic mass is 10.0. The summed E-state index contributed by atoms with van der Waals surface area (Å²) in [5, 5.41) is 4.87. The van der Waals surface area contributed by atoms with Crippen LogP contribution in [0.25, 0.3) is 100 Å². The zero-order valence-corrected chi connectivity index (χ0v) is 30.2. The van der Waals surface area contributed by atoms with Crippen LogP contribution in [0.3, 0.4) is 0 Å². The van der Waals surface area contributed by atoms with Gasteiger partial charge in [0.15, 0.2) is 5.82 Å². The zero-order valence-electron chi connectivity index (χ0n) is 30.2. The van der Waals surface area contributed by atoms with E-state index in [4.69, 9.17) is 9.97 Å². The van der Waals surface area contributed by atoms with E-state index in [-0.39, 0.29) is 0 Å². The number of aromatic nitrogens is 6. The highest BCUT2D eigenvalue weighted by atomic mass is 15.1. The van der Waals surface area contributed by atoms with Crippen molar-refractivity contribution >= 4 is 43.6 Å².